The highest BCUT2D eigenvalue weighted by Crippen LogP contribution is 2.12. The number of anilines is 1. The molecule has 0 saturated carbocycles. The van der Waals surface area contributed by atoms with Crippen molar-refractivity contribution in [3.63, 3.8) is 0 Å². The highest BCUT2D eigenvalue weighted by molar-refractivity contribution is 7.13. The Labute approximate surface area is 57.0 Å². The van der Waals surface area contributed by atoms with Crippen molar-refractivity contribution in [2.45, 2.75) is 0 Å². The normalized spacial score (nSPS) is 8.44. The Hall–Kier alpha value is -1.08. The smallest absolute Gasteiger partial charge is 0.183 e. The Morgan fingerprint density at radius 2 is 2.67 bits per heavy atom. The lowest BCUT2D eigenvalue weighted by Crippen LogP contribution is -1.85. The predicted molar refractivity (Wildman–Crippen MR) is 36.4 cm³/mol. The van der Waals surface area contributed by atoms with Gasteiger partial charge in [0.1, 0.15) is 6.07 Å². The van der Waals surface area contributed by atoms with Gasteiger partial charge < -0.3 is 5.32 Å². The van der Waals surface area contributed by atoms with Gasteiger partial charge in [0.15, 0.2) is 10.8 Å². The molecule has 0 fully saturated rings. The first-order valence-electron chi connectivity index (χ1n) is 2.40. The van der Waals surface area contributed by atoms with Crippen LogP contribution in [0.5, 0.6) is 0 Å². The van der Waals surface area contributed by atoms with E-state index in [0.717, 1.165) is 5.13 Å². The van der Waals surface area contributed by atoms with E-state index < -0.39 is 0 Å². The van der Waals surface area contributed by atoms with Crippen LogP contribution in [-0.4, -0.2) is 12.0 Å². The zero-order chi connectivity index (χ0) is 6.69. The van der Waals surface area contributed by atoms with Crippen LogP contribution in [0.25, 0.3) is 0 Å². The molecule has 0 saturated heterocycles. The van der Waals surface area contributed by atoms with Crippen LogP contribution in [0.4, 0.5) is 5.13 Å². The van der Waals surface area contributed by atoms with Crippen LogP contribution >= 0.6 is 11.3 Å². The summed E-state index contributed by atoms with van der Waals surface area (Å²) in [4.78, 5) is 3.89. The van der Waals surface area contributed by atoms with Gasteiger partial charge in [0.05, 0.1) is 0 Å². The summed E-state index contributed by atoms with van der Waals surface area (Å²) in [6, 6.07) is 1.94. The highest BCUT2D eigenvalue weighted by atomic mass is 32.1. The minimum Gasteiger partial charge on any atom is -0.365 e. The molecule has 1 aromatic rings. The van der Waals surface area contributed by atoms with Crippen molar-refractivity contribution >= 4 is 16.5 Å². The van der Waals surface area contributed by atoms with Gasteiger partial charge >= 0.3 is 0 Å². The topological polar surface area (TPSA) is 48.7 Å². The van der Waals surface area contributed by atoms with E-state index in [1.54, 1.807) is 12.4 Å². The maximum Gasteiger partial charge on any atom is 0.183 e. The molecule has 0 spiro atoms. The largest absolute Gasteiger partial charge is 0.365 e. The fraction of sp³-hybridized carbons (Fsp3) is 0.200. The molecule has 0 aromatic carbocycles. The lowest BCUT2D eigenvalue weighted by atomic mass is 10.6. The Morgan fingerprint density at radius 1 is 1.89 bits per heavy atom. The van der Waals surface area contributed by atoms with E-state index in [1.165, 1.54) is 11.3 Å². The van der Waals surface area contributed by atoms with Crippen LogP contribution in [-0.2, 0) is 0 Å². The number of nitrogens with zero attached hydrogens (tertiary/aromatic N) is 2. The lowest BCUT2D eigenvalue weighted by molar-refractivity contribution is 1.31. The first kappa shape index (κ1) is 6.05. The van der Waals surface area contributed by atoms with Gasteiger partial charge in [-0.25, -0.2) is 4.98 Å². The van der Waals surface area contributed by atoms with Crippen molar-refractivity contribution in [3.8, 4) is 6.07 Å². The van der Waals surface area contributed by atoms with Crippen LogP contribution in [0, 0.1) is 11.3 Å². The van der Waals surface area contributed by atoms with Gasteiger partial charge in [-0.3, -0.25) is 0 Å². The molecule has 1 aromatic heterocycles. The van der Waals surface area contributed by atoms with Gasteiger partial charge in [-0.05, 0) is 0 Å². The minimum absolute atomic E-state index is 0.476. The van der Waals surface area contributed by atoms with E-state index in [0.29, 0.717) is 5.69 Å². The second-order valence-corrected chi connectivity index (χ2v) is 2.26. The molecule has 3 nitrogen and oxygen atoms in total. The van der Waals surface area contributed by atoms with Crippen molar-refractivity contribution in [1.82, 2.24) is 4.98 Å². The molecule has 0 aliphatic heterocycles. The molecule has 0 bridgehead atoms. The molecule has 0 amide bonds. The summed E-state index contributed by atoms with van der Waals surface area (Å²) in [5.74, 6) is 0. The van der Waals surface area contributed by atoms with Gasteiger partial charge in [0.2, 0.25) is 0 Å². The first-order valence-corrected chi connectivity index (χ1v) is 3.28. The molecule has 0 unspecified atom stereocenters. The standard InChI is InChI=1S/C5H5N3S/c1-7-5-8-4(2-6)3-9-5/h3H,1H3,(H,7,8). The van der Waals surface area contributed by atoms with Crippen LogP contribution in [0.2, 0.25) is 0 Å². The maximum atomic E-state index is 8.31. The molecule has 0 aliphatic rings. The van der Waals surface area contributed by atoms with Crippen molar-refractivity contribution in [1.29, 1.82) is 5.26 Å². The van der Waals surface area contributed by atoms with Gasteiger partial charge in [-0.2, -0.15) is 5.26 Å². The van der Waals surface area contributed by atoms with Crippen molar-refractivity contribution in [2.75, 3.05) is 12.4 Å². The molecule has 46 valence electrons. The van der Waals surface area contributed by atoms with Gasteiger partial charge in [0.25, 0.3) is 0 Å². The fourth-order valence-electron chi connectivity index (χ4n) is 0.440. The van der Waals surface area contributed by atoms with Crippen LogP contribution in [0.15, 0.2) is 5.38 Å². The predicted octanol–water partition coefficient (Wildman–Crippen LogP) is 1.06. The molecule has 4 heteroatoms. The lowest BCUT2D eigenvalue weighted by Gasteiger charge is -1.84. The summed E-state index contributed by atoms with van der Waals surface area (Å²) in [6.07, 6.45) is 0. The third kappa shape index (κ3) is 1.18. The number of rotatable bonds is 1. The van der Waals surface area contributed by atoms with E-state index in [1.807, 2.05) is 6.07 Å². The Balaban J connectivity index is 2.90. The Bertz CT molecular complexity index is 235. The van der Waals surface area contributed by atoms with Gasteiger partial charge in [-0.1, -0.05) is 0 Å². The van der Waals surface area contributed by atoms with E-state index in [-0.39, 0.29) is 0 Å². The number of nitriles is 1. The fourth-order valence-corrected chi connectivity index (χ4v) is 1.04. The van der Waals surface area contributed by atoms with Crippen LogP contribution < -0.4 is 5.32 Å². The summed E-state index contributed by atoms with van der Waals surface area (Å²) >= 11 is 1.43. The zero-order valence-electron chi connectivity index (χ0n) is 4.88. The third-order valence-corrected chi connectivity index (χ3v) is 1.69. The summed E-state index contributed by atoms with van der Waals surface area (Å²) in [5, 5.41) is 13.6. The molecular formula is C5H5N3S. The third-order valence-electron chi connectivity index (χ3n) is 0.833. The Morgan fingerprint density at radius 3 is 3.00 bits per heavy atom. The van der Waals surface area contributed by atoms with Crippen LogP contribution in [0.3, 0.4) is 0 Å². The first-order chi connectivity index (χ1) is 4.36. The second kappa shape index (κ2) is 2.46. The number of thiazole rings is 1. The summed E-state index contributed by atoms with van der Waals surface area (Å²) in [5.41, 5.74) is 0.476. The van der Waals surface area contributed by atoms with E-state index in [2.05, 4.69) is 10.3 Å². The van der Waals surface area contributed by atoms with E-state index in [4.69, 9.17) is 5.26 Å². The summed E-state index contributed by atoms with van der Waals surface area (Å²) in [6.45, 7) is 0. The molecule has 0 aliphatic carbocycles. The highest BCUT2D eigenvalue weighted by Gasteiger charge is 1.95. The van der Waals surface area contributed by atoms with Crippen molar-refractivity contribution in [3.05, 3.63) is 11.1 Å². The quantitative estimate of drug-likeness (QED) is 0.632. The van der Waals surface area contributed by atoms with Crippen molar-refractivity contribution in [2.24, 2.45) is 0 Å². The van der Waals surface area contributed by atoms with Gasteiger partial charge in [-0.15, -0.1) is 11.3 Å². The molecule has 1 heterocycles. The SMILES string of the molecule is CNc1nc(C#N)cs1. The monoisotopic (exact) mass is 139 g/mol. The van der Waals surface area contributed by atoms with Crippen LogP contribution in [0.1, 0.15) is 5.69 Å². The number of aromatic nitrogens is 1. The molecule has 0 atom stereocenters. The average Bonchev–Trinajstić information content (AvgIpc) is 2.34. The molecule has 1 rings (SSSR count). The van der Waals surface area contributed by atoms with E-state index in [9.17, 15) is 0 Å². The zero-order valence-corrected chi connectivity index (χ0v) is 5.70. The van der Waals surface area contributed by atoms with Crippen molar-refractivity contribution < 1.29 is 0 Å². The molecule has 1 N–H and O–H groups in total. The molecule has 9 heavy (non-hydrogen) atoms. The average molecular weight is 139 g/mol. The molecular weight excluding hydrogens is 134 g/mol. The van der Waals surface area contributed by atoms with Gasteiger partial charge in [0, 0.05) is 12.4 Å². The summed E-state index contributed by atoms with van der Waals surface area (Å²) in [7, 11) is 1.78. The number of hydrogen-bond acceptors (Lipinski definition) is 4. The number of hydrogen-bond donors (Lipinski definition) is 1. The second-order valence-electron chi connectivity index (χ2n) is 1.40. The van der Waals surface area contributed by atoms with E-state index >= 15 is 0 Å². The number of nitrogens with one attached hydrogen (secondary N) is 1. The minimum atomic E-state index is 0.476. The summed E-state index contributed by atoms with van der Waals surface area (Å²) < 4.78 is 0. The molecule has 0 radical (unpaired) electrons. The Kier molecular flexibility index (Phi) is 1.66. The maximum absolute atomic E-state index is 8.31.